The van der Waals surface area contributed by atoms with Crippen molar-refractivity contribution in [2.45, 2.75) is 84.3 Å². The van der Waals surface area contributed by atoms with Crippen LogP contribution in [0.2, 0.25) is 0 Å². The Hall–Kier alpha value is -5.92. The minimum atomic E-state index is -0.833. The molecule has 0 spiro atoms. The number of carbonyl (C=O) groups is 4. The predicted octanol–water partition coefficient (Wildman–Crippen LogP) is 2.93. The van der Waals surface area contributed by atoms with Crippen LogP contribution in [-0.2, 0) is 19.1 Å². The molecule has 20 heteroatoms. The van der Waals surface area contributed by atoms with Gasteiger partial charge in [0.05, 0.1) is 24.5 Å². The maximum Gasteiger partial charge on any atom is 0.410 e. The van der Waals surface area contributed by atoms with Crippen molar-refractivity contribution in [1.29, 1.82) is 0 Å². The third kappa shape index (κ3) is 8.74. The van der Waals surface area contributed by atoms with Gasteiger partial charge in [-0.05, 0) is 48.5 Å². The number of amidine groups is 2. The van der Waals surface area contributed by atoms with E-state index in [1.54, 1.807) is 57.4 Å². The van der Waals surface area contributed by atoms with Gasteiger partial charge >= 0.3 is 6.09 Å². The van der Waals surface area contributed by atoms with Crippen molar-refractivity contribution in [2.75, 3.05) is 49.2 Å². The zero-order valence-electron chi connectivity index (χ0n) is 32.8. The van der Waals surface area contributed by atoms with Crippen LogP contribution in [0.25, 0.3) is 0 Å². The Morgan fingerprint density at radius 3 is 1.63 bits per heavy atom. The molecule has 308 valence electrons. The number of carboxylic acid groups (broad SMARTS) is 1. The average Bonchev–Trinajstić information content (AvgIpc) is 3.09. The van der Waals surface area contributed by atoms with Crippen molar-refractivity contribution in [3.8, 4) is 23.0 Å². The minimum Gasteiger partial charge on any atom is -0.483 e. The number of ether oxygens (including phenoxy) is 5. The molecule has 8 rings (SSSR count). The number of amides is 3. The molecule has 6 heterocycles. The molecular formula is C37H46F2N8O10. The quantitative estimate of drug-likeness (QED) is 0.352. The molecular weight excluding hydrogens is 754 g/mol. The van der Waals surface area contributed by atoms with Crippen LogP contribution in [0.4, 0.5) is 25.0 Å². The molecule has 2 aromatic carbocycles. The van der Waals surface area contributed by atoms with Gasteiger partial charge in [0.15, 0.2) is 34.8 Å². The molecule has 2 atom stereocenters. The van der Waals surface area contributed by atoms with Crippen LogP contribution in [0.1, 0.15) is 55.4 Å². The van der Waals surface area contributed by atoms with Crippen LogP contribution in [0.3, 0.4) is 0 Å². The summed E-state index contributed by atoms with van der Waals surface area (Å²) >= 11 is 0. The van der Waals surface area contributed by atoms with Gasteiger partial charge in [-0.25, -0.2) is 24.4 Å². The smallest absolute Gasteiger partial charge is 0.410 e. The van der Waals surface area contributed by atoms with Gasteiger partial charge in [0.2, 0.25) is 0 Å². The molecule has 4 N–H and O–H groups in total. The molecule has 6 aliphatic rings. The molecule has 0 aliphatic carbocycles. The summed E-state index contributed by atoms with van der Waals surface area (Å²) in [7, 11) is 0. The number of nitrogens with zero attached hydrogens (tertiary/aromatic N) is 5. The molecule has 57 heavy (non-hydrogen) atoms. The SMILES string of the molecule is CC(=O)O.CC1C(=O)NN=C2COc3cc(F)c(OC4(C)CN(C(=O)OC(C)(C)C)C4)cc3N21.CC1C(=O)NN=C2COc3cc(F)c(OC4(C)CNC4)cc3N21. The number of hydrogen-bond acceptors (Lipinski definition) is 14. The van der Waals surface area contributed by atoms with E-state index in [1.165, 1.54) is 23.1 Å². The van der Waals surface area contributed by atoms with Gasteiger partial charge in [-0.3, -0.25) is 14.4 Å². The standard InChI is InChI=1S/C20H25FN4O5.C15H17FN4O3.C2H4O2/c1-11-17(26)23-22-16-8-28-15-6-12(21)14(7-13(15)25(11)16)29-20(5)9-24(10-20)18(27)30-19(2,3)4;1-8-14(21)19-18-13-5-22-12-3-9(16)11(4-10(12)20(8)13)23-15(2)6-17-7-15;1-2(3)4/h6-7,11H,8-10H2,1-5H3,(H,23,26);3-4,8,17H,5-7H2,1-2H3,(H,19,21);1H3,(H,3,4). The number of rotatable bonds is 4. The van der Waals surface area contributed by atoms with E-state index in [2.05, 4.69) is 26.4 Å². The number of halogens is 2. The molecule has 0 aromatic heterocycles. The summed E-state index contributed by atoms with van der Waals surface area (Å²) in [4.78, 5) is 50.1. The highest BCUT2D eigenvalue weighted by Crippen LogP contribution is 2.42. The number of nitrogens with one attached hydrogen (secondary N) is 3. The zero-order valence-corrected chi connectivity index (χ0v) is 32.8. The van der Waals surface area contributed by atoms with Crippen LogP contribution < -0.4 is 44.9 Å². The Balaban J connectivity index is 0.000000181. The topological polar surface area (TPSA) is 205 Å². The van der Waals surface area contributed by atoms with E-state index in [0.717, 1.165) is 6.92 Å². The van der Waals surface area contributed by atoms with Crippen LogP contribution >= 0.6 is 0 Å². The number of fused-ring (bicyclic) bond motifs is 6. The van der Waals surface area contributed by atoms with E-state index >= 15 is 0 Å². The fraction of sp³-hybridized carbons (Fsp3) is 0.514. The van der Waals surface area contributed by atoms with Gasteiger partial charge in [-0.15, -0.1) is 0 Å². The van der Waals surface area contributed by atoms with E-state index in [1.807, 2.05) is 6.92 Å². The summed E-state index contributed by atoms with van der Waals surface area (Å²) in [5, 5.41) is 18.6. The largest absolute Gasteiger partial charge is 0.483 e. The lowest BCUT2D eigenvalue weighted by Crippen LogP contribution is -2.65. The molecule has 18 nitrogen and oxygen atoms in total. The van der Waals surface area contributed by atoms with Crippen LogP contribution in [-0.4, -0.2) is 114 Å². The van der Waals surface area contributed by atoms with Gasteiger partial charge in [-0.2, -0.15) is 10.2 Å². The van der Waals surface area contributed by atoms with Crippen molar-refractivity contribution < 1.29 is 56.7 Å². The second-order valence-corrected chi connectivity index (χ2v) is 15.7. The number of carbonyl (C=O) groups excluding carboxylic acids is 3. The number of hydrazone groups is 2. The van der Waals surface area contributed by atoms with E-state index in [4.69, 9.17) is 33.6 Å². The van der Waals surface area contributed by atoms with Gasteiger partial charge in [0.1, 0.15) is 53.6 Å². The van der Waals surface area contributed by atoms with Gasteiger partial charge < -0.3 is 48.8 Å². The maximum absolute atomic E-state index is 14.7. The number of carboxylic acids is 1. The zero-order chi connectivity index (χ0) is 41.6. The van der Waals surface area contributed by atoms with Crippen LogP contribution in [0, 0.1) is 11.6 Å². The van der Waals surface area contributed by atoms with Gasteiger partial charge in [0, 0.05) is 44.3 Å². The lowest BCUT2D eigenvalue weighted by molar-refractivity contribution is -0.134. The number of likely N-dealkylation sites (tertiary alicyclic amines) is 1. The Kier molecular flexibility index (Phi) is 10.9. The summed E-state index contributed by atoms with van der Waals surface area (Å²) in [6.07, 6.45) is -0.433. The highest BCUT2D eigenvalue weighted by atomic mass is 19.1. The molecule has 6 aliphatic heterocycles. The second-order valence-electron chi connectivity index (χ2n) is 15.7. The number of benzene rings is 2. The summed E-state index contributed by atoms with van der Waals surface area (Å²) in [5.41, 5.74) is 4.22. The molecule has 2 aromatic rings. The first-order valence-electron chi connectivity index (χ1n) is 18.2. The summed E-state index contributed by atoms with van der Waals surface area (Å²) < 4.78 is 57.3. The first-order chi connectivity index (χ1) is 26.7. The molecule has 0 bridgehead atoms. The first-order valence-corrected chi connectivity index (χ1v) is 18.2. The van der Waals surface area contributed by atoms with Crippen molar-refractivity contribution in [3.63, 3.8) is 0 Å². The molecule has 2 unspecified atom stereocenters. The minimum absolute atomic E-state index is 0.0168. The molecule has 0 saturated carbocycles. The van der Waals surface area contributed by atoms with Crippen molar-refractivity contribution in [3.05, 3.63) is 35.9 Å². The van der Waals surface area contributed by atoms with E-state index < -0.39 is 52.6 Å². The van der Waals surface area contributed by atoms with Crippen molar-refractivity contribution >= 4 is 46.9 Å². The fourth-order valence-corrected chi connectivity index (χ4v) is 6.57. The van der Waals surface area contributed by atoms with Gasteiger partial charge in [0.25, 0.3) is 17.8 Å². The van der Waals surface area contributed by atoms with E-state index in [-0.39, 0.29) is 49.6 Å². The lowest BCUT2D eigenvalue weighted by atomic mass is 9.97. The van der Waals surface area contributed by atoms with Crippen molar-refractivity contribution in [1.82, 2.24) is 21.1 Å². The highest BCUT2D eigenvalue weighted by molar-refractivity contribution is 6.10. The third-order valence-electron chi connectivity index (χ3n) is 9.35. The van der Waals surface area contributed by atoms with E-state index in [0.29, 0.717) is 47.6 Å². The summed E-state index contributed by atoms with van der Waals surface area (Å²) in [6.45, 7) is 15.8. The Morgan fingerprint density at radius 1 is 0.825 bits per heavy atom. The average molecular weight is 801 g/mol. The Labute approximate surface area is 327 Å². The number of anilines is 2. The highest BCUT2D eigenvalue weighted by Gasteiger charge is 2.46. The molecule has 2 fully saturated rings. The Morgan fingerprint density at radius 2 is 1.25 bits per heavy atom. The summed E-state index contributed by atoms with van der Waals surface area (Å²) in [6, 6.07) is 4.66. The number of aliphatic carboxylic acids is 1. The van der Waals surface area contributed by atoms with E-state index in [9.17, 15) is 23.2 Å². The van der Waals surface area contributed by atoms with Crippen LogP contribution in [0.5, 0.6) is 23.0 Å². The predicted molar refractivity (Wildman–Crippen MR) is 201 cm³/mol. The van der Waals surface area contributed by atoms with Gasteiger partial charge in [-0.1, -0.05) is 0 Å². The van der Waals surface area contributed by atoms with Crippen LogP contribution in [0.15, 0.2) is 34.5 Å². The second kappa shape index (κ2) is 15.2. The third-order valence-corrected chi connectivity index (χ3v) is 9.35. The number of hydrogen-bond donors (Lipinski definition) is 4. The summed E-state index contributed by atoms with van der Waals surface area (Å²) in [5.74, 6) is -0.412. The Bertz CT molecular complexity index is 2020. The molecule has 3 amide bonds. The normalized spacial score (nSPS) is 21.9. The first kappa shape index (κ1) is 40.7. The molecule has 2 saturated heterocycles. The lowest BCUT2D eigenvalue weighted by Gasteiger charge is -2.47. The maximum atomic E-state index is 14.7. The monoisotopic (exact) mass is 800 g/mol. The molecule has 0 radical (unpaired) electrons. The van der Waals surface area contributed by atoms with Crippen molar-refractivity contribution in [2.24, 2.45) is 10.2 Å². The fourth-order valence-electron chi connectivity index (χ4n) is 6.57.